The van der Waals surface area contributed by atoms with Crippen molar-refractivity contribution in [1.29, 1.82) is 0 Å². The molecule has 8 heteroatoms. The lowest BCUT2D eigenvalue weighted by atomic mass is 10.0. The highest BCUT2D eigenvalue weighted by Gasteiger charge is 2.27. The van der Waals surface area contributed by atoms with E-state index in [9.17, 15) is 9.59 Å². The first-order chi connectivity index (χ1) is 18.0. The number of hydrogen-bond acceptors (Lipinski definition) is 6. The van der Waals surface area contributed by atoms with E-state index in [0.29, 0.717) is 21.4 Å². The van der Waals surface area contributed by atoms with Gasteiger partial charge in [0.2, 0.25) is 5.78 Å². The summed E-state index contributed by atoms with van der Waals surface area (Å²) in [6.45, 7) is 3.78. The Morgan fingerprint density at radius 3 is 2.73 bits per heavy atom. The van der Waals surface area contributed by atoms with E-state index in [4.69, 9.17) is 4.74 Å². The van der Waals surface area contributed by atoms with Crippen LogP contribution in [0.1, 0.15) is 57.1 Å². The fraction of sp³-hybridized carbons (Fsp3) is 0.207. The number of pyridine rings is 1. The monoisotopic (exact) mass is 558 g/mol. The number of nitrogens with zero attached hydrogens (tertiary/aromatic N) is 2. The summed E-state index contributed by atoms with van der Waals surface area (Å²) < 4.78 is 7.40. The van der Waals surface area contributed by atoms with Gasteiger partial charge >= 0.3 is 5.97 Å². The van der Waals surface area contributed by atoms with Crippen LogP contribution in [0.2, 0.25) is 0 Å². The third-order valence-corrected chi connectivity index (χ3v) is 7.05. The second kappa shape index (κ2) is 10.7. The molecule has 2 aromatic carbocycles. The summed E-state index contributed by atoms with van der Waals surface area (Å²) in [5.74, 6) is -0.553. The summed E-state index contributed by atoms with van der Waals surface area (Å²) in [6.07, 6.45) is 5.02. The van der Waals surface area contributed by atoms with Crippen LogP contribution in [0.5, 0.6) is 0 Å². The number of aromatic nitrogens is 2. The van der Waals surface area contributed by atoms with Crippen molar-refractivity contribution in [1.82, 2.24) is 14.7 Å². The van der Waals surface area contributed by atoms with Gasteiger partial charge in [-0.05, 0) is 75.9 Å². The van der Waals surface area contributed by atoms with Gasteiger partial charge in [0.05, 0.1) is 24.2 Å². The molecule has 188 valence electrons. The van der Waals surface area contributed by atoms with Crippen LogP contribution in [0.4, 0.5) is 5.69 Å². The number of anilines is 1. The van der Waals surface area contributed by atoms with Crippen LogP contribution >= 0.6 is 15.9 Å². The number of hydrogen-bond donors (Lipinski definition) is 2. The average Bonchev–Trinajstić information content (AvgIpc) is 3.45. The predicted molar refractivity (Wildman–Crippen MR) is 148 cm³/mol. The summed E-state index contributed by atoms with van der Waals surface area (Å²) in [5.41, 5.74) is 5.49. The molecule has 1 unspecified atom stereocenters. The Labute approximate surface area is 223 Å². The summed E-state index contributed by atoms with van der Waals surface area (Å²) in [7, 11) is 1.34. The molecule has 0 saturated carbocycles. The highest BCUT2D eigenvalue weighted by atomic mass is 79.9. The number of methoxy groups -OCH3 is 1. The zero-order chi connectivity index (χ0) is 25.9. The zero-order valence-electron chi connectivity index (χ0n) is 20.6. The third-order valence-electron chi connectivity index (χ3n) is 6.47. The molecule has 7 nitrogen and oxygen atoms in total. The molecular formula is C29H27BrN4O3. The lowest BCUT2D eigenvalue weighted by Crippen LogP contribution is -2.23. The first-order valence-electron chi connectivity index (χ1n) is 12.2. The van der Waals surface area contributed by atoms with E-state index in [0.717, 1.165) is 36.2 Å². The van der Waals surface area contributed by atoms with Crippen LogP contribution in [-0.4, -0.2) is 41.3 Å². The number of ether oxygens (including phenoxy) is 1. The van der Waals surface area contributed by atoms with Gasteiger partial charge in [-0.2, -0.15) is 0 Å². The van der Waals surface area contributed by atoms with Crippen LogP contribution in [-0.2, 0) is 4.74 Å². The van der Waals surface area contributed by atoms with Crippen molar-refractivity contribution in [2.75, 3.05) is 25.5 Å². The Morgan fingerprint density at radius 2 is 1.92 bits per heavy atom. The largest absolute Gasteiger partial charge is 0.465 e. The quantitative estimate of drug-likeness (QED) is 0.156. The van der Waals surface area contributed by atoms with Crippen LogP contribution in [0.3, 0.4) is 0 Å². The Hall–Kier alpha value is -3.75. The zero-order valence-corrected chi connectivity index (χ0v) is 22.2. The molecule has 0 saturated heterocycles. The van der Waals surface area contributed by atoms with Crippen molar-refractivity contribution < 1.29 is 14.3 Å². The fourth-order valence-electron chi connectivity index (χ4n) is 4.66. The molecule has 0 spiro atoms. The van der Waals surface area contributed by atoms with Crippen LogP contribution < -0.4 is 10.6 Å². The summed E-state index contributed by atoms with van der Waals surface area (Å²) in [6, 6.07) is 18.8. The van der Waals surface area contributed by atoms with Gasteiger partial charge in [0.1, 0.15) is 4.60 Å². The molecule has 0 radical (unpaired) electrons. The number of benzene rings is 2. The Bertz CT molecular complexity index is 1520. The first kappa shape index (κ1) is 24.9. The fourth-order valence-corrected chi connectivity index (χ4v) is 5.15. The van der Waals surface area contributed by atoms with E-state index in [-0.39, 0.29) is 17.6 Å². The van der Waals surface area contributed by atoms with Gasteiger partial charge in [0, 0.05) is 24.0 Å². The van der Waals surface area contributed by atoms with E-state index in [1.54, 1.807) is 28.8 Å². The first-order valence-corrected chi connectivity index (χ1v) is 13.0. The number of carbonyl (C=O) groups excluding carboxylic acids is 2. The van der Waals surface area contributed by atoms with Gasteiger partial charge in [-0.25, -0.2) is 9.78 Å². The van der Waals surface area contributed by atoms with Gasteiger partial charge in [-0.15, -0.1) is 0 Å². The maximum absolute atomic E-state index is 13.5. The number of esters is 1. The molecule has 37 heavy (non-hydrogen) atoms. The second-order valence-electron chi connectivity index (χ2n) is 8.87. The standard InChI is InChI=1S/C29H27BrN4O3/c1-3-13-31-17-20-15-18-8-4-5-9-21(18)25(20)32-23-12-11-19(16-22(23)29(36)37-2)26(35)28-33-27(30)24-10-6-7-14-34(24)28/h4-12,14-16,25,31-32H,3,13,17H2,1-2H3. The molecule has 1 aliphatic carbocycles. The molecule has 2 heterocycles. The molecule has 4 aromatic rings. The molecule has 2 N–H and O–H groups in total. The number of carbonyl (C=O) groups is 2. The number of nitrogens with one attached hydrogen (secondary N) is 2. The normalized spacial score (nSPS) is 14.4. The van der Waals surface area contributed by atoms with Crippen molar-refractivity contribution in [3.8, 4) is 0 Å². The minimum Gasteiger partial charge on any atom is -0.465 e. The average molecular weight is 559 g/mol. The van der Waals surface area contributed by atoms with Crippen LogP contribution in [0, 0.1) is 0 Å². The van der Waals surface area contributed by atoms with Gasteiger partial charge in [0.25, 0.3) is 0 Å². The highest BCUT2D eigenvalue weighted by molar-refractivity contribution is 9.10. The van der Waals surface area contributed by atoms with E-state index < -0.39 is 5.97 Å². The molecule has 1 atom stereocenters. The maximum atomic E-state index is 13.5. The molecule has 5 rings (SSSR count). The molecule has 0 aliphatic heterocycles. The van der Waals surface area contributed by atoms with E-state index in [1.807, 2.05) is 30.3 Å². The summed E-state index contributed by atoms with van der Waals surface area (Å²) >= 11 is 3.43. The van der Waals surface area contributed by atoms with Crippen molar-refractivity contribution in [3.05, 3.63) is 105 Å². The second-order valence-corrected chi connectivity index (χ2v) is 9.62. The van der Waals surface area contributed by atoms with E-state index in [1.165, 1.54) is 12.7 Å². The van der Waals surface area contributed by atoms with Gasteiger partial charge in [-0.1, -0.05) is 43.3 Å². The predicted octanol–water partition coefficient (Wildman–Crippen LogP) is 5.66. The van der Waals surface area contributed by atoms with Gasteiger partial charge < -0.3 is 15.4 Å². The molecule has 0 fully saturated rings. The number of ketones is 1. The van der Waals surface area contributed by atoms with Crippen LogP contribution in [0.15, 0.2) is 77.0 Å². The Kier molecular flexibility index (Phi) is 7.21. The van der Waals surface area contributed by atoms with Gasteiger partial charge in [-0.3, -0.25) is 9.20 Å². The Balaban J connectivity index is 1.50. The third kappa shape index (κ3) is 4.82. The topological polar surface area (TPSA) is 84.7 Å². The van der Waals surface area contributed by atoms with Gasteiger partial charge in [0.15, 0.2) is 5.82 Å². The van der Waals surface area contributed by atoms with E-state index in [2.05, 4.69) is 56.7 Å². The van der Waals surface area contributed by atoms with Crippen molar-refractivity contribution in [2.24, 2.45) is 0 Å². The van der Waals surface area contributed by atoms with Crippen LogP contribution in [0.25, 0.3) is 11.6 Å². The number of fused-ring (bicyclic) bond motifs is 2. The molecule has 1 aliphatic rings. The molecule has 2 aromatic heterocycles. The van der Waals surface area contributed by atoms with Crippen molar-refractivity contribution in [3.63, 3.8) is 0 Å². The molecule has 0 amide bonds. The summed E-state index contributed by atoms with van der Waals surface area (Å²) in [4.78, 5) is 30.7. The smallest absolute Gasteiger partial charge is 0.339 e. The van der Waals surface area contributed by atoms with E-state index >= 15 is 0 Å². The maximum Gasteiger partial charge on any atom is 0.339 e. The number of halogens is 1. The number of imidazole rings is 1. The summed E-state index contributed by atoms with van der Waals surface area (Å²) in [5, 5.41) is 7.03. The molecular weight excluding hydrogens is 532 g/mol. The SMILES string of the molecule is CCCNCC1=Cc2ccccc2C1Nc1ccc(C(=O)c2nc(Br)c3ccccn23)cc1C(=O)OC. The molecule has 0 bridgehead atoms. The highest BCUT2D eigenvalue weighted by Crippen LogP contribution is 2.37. The Morgan fingerprint density at radius 1 is 1.11 bits per heavy atom. The lowest BCUT2D eigenvalue weighted by Gasteiger charge is -2.22. The lowest BCUT2D eigenvalue weighted by molar-refractivity contribution is 0.0601. The minimum atomic E-state index is -0.521. The minimum absolute atomic E-state index is 0.113. The van der Waals surface area contributed by atoms with Crippen molar-refractivity contribution in [2.45, 2.75) is 19.4 Å². The number of rotatable bonds is 9. The van der Waals surface area contributed by atoms with Crippen molar-refractivity contribution >= 4 is 45.0 Å².